The number of carbonyl (C=O) groups excluding carboxylic acids is 2. The van der Waals surface area contributed by atoms with Gasteiger partial charge >= 0.3 is 0 Å². The molecule has 2 amide bonds. The van der Waals surface area contributed by atoms with E-state index >= 15 is 0 Å². The summed E-state index contributed by atoms with van der Waals surface area (Å²) >= 11 is 0. The van der Waals surface area contributed by atoms with Gasteiger partial charge in [-0.1, -0.05) is 13.0 Å². The largest absolute Gasteiger partial charge is 0.326 e. The summed E-state index contributed by atoms with van der Waals surface area (Å²) in [5.41, 5.74) is 2.51. The van der Waals surface area contributed by atoms with Crippen LogP contribution in [0.25, 0.3) is 5.52 Å². The van der Waals surface area contributed by atoms with E-state index in [-0.39, 0.29) is 11.8 Å². The van der Waals surface area contributed by atoms with E-state index in [1.807, 2.05) is 35.7 Å². The summed E-state index contributed by atoms with van der Waals surface area (Å²) in [5.74, 6) is 0.450. The van der Waals surface area contributed by atoms with Crippen LogP contribution < -0.4 is 10.6 Å². The number of aryl methyl sites for hydroxylation is 1. The molecule has 0 saturated carbocycles. The number of pyridine rings is 1. The van der Waals surface area contributed by atoms with E-state index in [0.717, 1.165) is 17.8 Å². The minimum Gasteiger partial charge on any atom is -0.326 e. The maximum absolute atomic E-state index is 12.6. The van der Waals surface area contributed by atoms with E-state index in [4.69, 9.17) is 0 Å². The predicted molar refractivity (Wildman–Crippen MR) is 93.3 cm³/mol. The minimum absolute atomic E-state index is 0.136. The second kappa shape index (κ2) is 6.54. The first kappa shape index (κ1) is 15.7. The fourth-order valence-electron chi connectivity index (χ4n) is 2.55. The highest BCUT2D eigenvalue weighted by Gasteiger charge is 2.16. The average Bonchev–Trinajstić information content (AvgIpc) is 2.95. The molecule has 0 aliphatic heterocycles. The molecule has 3 rings (SSSR count). The lowest BCUT2D eigenvalue weighted by atomic mass is 10.2. The number of aromatic nitrogens is 2. The van der Waals surface area contributed by atoms with Crippen LogP contribution >= 0.6 is 0 Å². The number of rotatable bonds is 4. The number of hydrogen-bond acceptors (Lipinski definition) is 3. The molecule has 0 atom stereocenters. The molecule has 6 nitrogen and oxygen atoms in total. The van der Waals surface area contributed by atoms with Crippen molar-refractivity contribution in [1.29, 1.82) is 0 Å². The molecule has 6 heteroatoms. The summed E-state index contributed by atoms with van der Waals surface area (Å²) in [6.07, 6.45) is 2.64. The second-order valence-electron chi connectivity index (χ2n) is 5.40. The number of carbonyl (C=O) groups is 2. The molecule has 0 bridgehead atoms. The SMILES string of the molecule is CCc1nc(C(=O)Nc2ccc(NC(C)=O)cc2)c2ccccn12. The number of nitrogens with one attached hydrogen (secondary N) is 2. The first-order valence-corrected chi connectivity index (χ1v) is 7.73. The molecule has 0 unspecified atom stereocenters. The fourth-order valence-corrected chi connectivity index (χ4v) is 2.55. The van der Waals surface area contributed by atoms with Gasteiger partial charge in [-0.2, -0.15) is 0 Å². The molecule has 122 valence electrons. The van der Waals surface area contributed by atoms with Gasteiger partial charge in [-0.3, -0.25) is 9.59 Å². The monoisotopic (exact) mass is 322 g/mol. The van der Waals surface area contributed by atoms with Crippen molar-refractivity contribution in [2.24, 2.45) is 0 Å². The minimum atomic E-state index is -0.259. The molecular weight excluding hydrogens is 304 g/mol. The van der Waals surface area contributed by atoms with Crippen molar-refractivity contribution in [3.8, 4) is 0 Å². The van der Waals surface area contributed by atoms with Gasteiger partial charge < -0.3 is 15.0 Å². The normalized spacial score (nSPS) is 10.6. The van der Waals surface area contributed by atoms with E-state index in [0.29, 0.717) is 17.1 Å². The lowest BCUT2D eigenvalue weighted by Crippen LogP contribution is -2.13. The van der Waals surface area contributed by atoms with Gasteiger partial charge in [0, 0.05) is 30.9 Å². The molecule has 0 spiro atoms. The van der Waals surface area contributed by atoms with Crippen LogP contribution in [0.5, 0.6) is 0 Å². The fraction of sp³-hybridized carbons (Fsp3) is 0.167. The molecule has 1 aromatic carbocycles. The van der Waals surface area contributed by atoms with Crippen molar-refractivity contribution in [2.75, 3.05) is 10.6 Å². The summed E-state index contributed by atoms with van der Waals surface area (Å²) < 4.78 is 1.93. The molecule has 24 heavy (non-hydrogen) atoms. The highest BCUT2D eigenvalue weighted by molar-refractivity contribution is 6.07. The number of benzene rings is 1. The molecule has 2 N–H and O–H groups in total. The maximum atomic E-state index is 12.6. The number of fused-ring (bicyclic) bond motifs is 1. The van der Waals surface area contributed by atoms with Crippen LogP contribution in [0.1, 0.15) is 30.2 Å². The van der Waals surface area contributed by atoms with Crippen LogP contribution in [0.2, 0.25) is 0 Å². The van der Waals surface area contributed by atoms with Crippen LogP contribution in [0, 0.1) is 0 Å². The van der Waals surface area contributed by atoms with Gasteiger partial charge in [-0.15, -0.1) is 0 Å². The van der Waals surface area contributed by atoms with Crippen molar-refractivity contribution < 1.29 is 9.59 Å². The predicted octanol–water partition coefficient (Wildman–Crippen LogP) is 3.11. The first-order valence-electron chi connectivity index (χ1n) is 7.73. The first-order chi connectivity index (χ1) is 11.6. The quantitative estimate of drug-likeness (QED) is 0.775. The molecule has 3 aromatic rings. The van der Waals surface area contributed by atoms with E-state index in [1.54, 1.807) is 24.3 Å². The Bertz CT molecular complexity index is 897. The molecule has 0 aliphatic carbocycles. The topological polar surface area (TPSA) is 75.5 Å². The van der Waals surface area contributed by atoms with Crippen molar-refractivity contribution >= 4 is 28.7 Å². The van der Waals surface area contributed by atoms with Gasteiger partial charge in [0.25, 0.3) is 5.91 Å². The Balaban J connectivity index is 1.84. The van der Waals surface area contributed by atoms with Crippen LogP contribution in [0.3, 0.4) is 0 Å². The second-order valence-corrected chi connectivity index (χ2v) is 5.40. The van der Waals surface area contributed by atoms with E-state index < -0.39 is 0 Å². The number of amides is 2. The van der Waals surface area contributed by atoms with Crippen molar-refractivity contribution in [3.63, 3.8) is 0 Å². The standard InChI is InChI=1S/C18H18N4O2/c1-3-16-21-17(15-6-4-5-11-22(15)16)18(24)20-14-9-7-13(8-10-14)19-12(2)23/h4-11H,3H2,1-2H3,(H,19,23)(H,20,24). The van der Waals surface area contributed by atoms with Crippen LogP contribution in [-0.2, 0) is 11.2 Å². The summed E-state index contributed by atoms with van der Waals surface area (Å²) in [6.45, 7) is 3.45. The van der Waals surface area contributed by atoms with Crippen molar-refractivity contribution in [2.45, 2.75) is 20.3 Å². The summed E-state index contributed by atoms with van der Waals surface area (Å²) in [4.78, 5) is 28.0. The van der Waals surface area contributed by atoms with E-state index in [2.05, 4.69) is 15.6 Å². The van der Waals surface area contributed by atoms with Gasteiger partial charge in [-0.05, 0) is 36.4 Å². The molecule has 2 aromatic heterocycles. The number of anilines is 2. The average molecular weight is 322 g/mol. The Morgan fingerprint density at radius 2 is 1.71 bits per heavy atom. The molecular formula is C18H18N4O2. The third-order valence-corrected chi connectivity index (χ3v) is 3.62. The Kier molecular flexibility index (Phi) is 4.29. The van der Waals surface area contributed by atoms with Crippen LogP contribution in [0.15, 0.2) is 48.7 Å². The third-order valence-electron chi connectivity index (χ3n) is 3.62. The highest BCUT2D eigenvalue weighted by Crippen LogP contribution is 2.17. The summed E-state index contributed by atoms with van der Waals surface area (Å²) in [7, 11) is 0. The van der Waals surface area contributed by atoms with Crippen LogP contribution in [-0.4, -0.2) is 21.2 Å². The number of nitrogens with zero attached hydrogens (tertiary/aromatic N) is 2. The Morgan fingerprint density at radius 3 is 2.33 bits per heavy atom. The van der Waals surface area contributed by atoms with Gasteiger partial charge in [0.1, 0.15) is 5.82 Å². The zero-order chi connectivity index (χ0) is 17.1. The number of hydrogen-bond donors (Lipinski definition) is 2. The van der Waals surface area contributed by atoms with Crippen molar-refractivity contribution in [1.82, 2.24) is 9.38 Å². The summed E-state index contributed by atoms with van der Waals surface area (Å²) in [5, 5.41) is 5.53. The van der Waals surface area contributed by atoms with Gasteiger partial charge in [0.15, 0.2) is 5.69 Å². The third kappa shape index (κ3) is 3.12. The van der Waals surface area contributed by atoms with Crippen molar-refractivity contribution in [3.05, 3.63) is 60.2 Å². The molecule has 0 saturated heterocycles. The maximum Gasteiger partial charge on any atom is 0.276 e. The molecule has 0 fully saturated rings. The van der Waals surface area contributed by atoms with E-state index in [9.17, 15) is 9.59 Å². The highest BCUT2D eigenvalue weighted by atomic mass is 16.2. The Morgan fingerprint density at radius 1 is 1.04 bits per heavy atom. The zero-order valence-corrected chi connectivity index (χ0v) is 13.5. The molecule has 0 aliphatic rings. The zero-order valence-electron chi connectivity index (χ0n) is 13.5. The Hall–Kier alpha value is -3.15. The Labute approximate surface area is 139 Å². The number of imidazole rings is 1. The van der Waals surface area contributed by atoms with Gasteiger partial charge in [0.2, 0.25) is 5.91 Å². The lowest BCUT2D eigenvalue weighted by molar-refractivity contribution is -0.114. The molecule has 0 radical (unpaired) electrons. The van der Waals surface area contributed by atoms with Crippen LogP contribution in [0.4, 0.5) is 11.4 Å². The lowest BCUT2D eigenvalue weighted by Gasteiger charge is -2.06. The summed E-state index contributed by atoms with van der Waals surface area (Å²) in [6, 6.07) is 12.6. The molecule has 2 heterocycles. The van der Waals surface area contributed by atoms with Gasteiger partial charge in [0.05, 0.1) is 5.52 Å². The van der Waals surface area contributed by atoms with Gasteiger partial charge in [-0.25, -0.2) is 4.98 Å². The smallest absolute Gasteiger partial charge is 0.276 e. The van der Waals surface area contributed by atoms with E-state index in [1.165, 1.54) is 6.92 Å².